The predicted octanol–water partition coefficient (Wildman–Crippen LogP) is 2.71. The van der Waals surface area contributed by atoms with Crippen LogP contribution in [0.15, 0.2) is 0 Å². The van der Waals surface area contributed by atoms with Crippen LogP contribution in [0.25, 0.3) is 0 Å². The van der Waals surface area contributed by atoms with Gasteiger partial charge in [-0.05, 0) is 6.92 Å². The molecule has 0 atom stereocenters. The number of hydrogen-bond donors (Lipinski definition) is 0. The summed E-state index contributed by atoms with van der Waals surface area (Å²) in [6.45, 7) is 9.71. The van der Waals surface area contributed by atoms with Crippen LogP contribution in [0.5, 0.6) is 0 Å². The van der Waals surface area contributed by atoms with E-state index in [1.54, 1.807) is 14.0 Å². The van der Waals surface area contributed by atoms with Crippen molar-refractivity contribution in [1.29, 1.82) is 0 Å². The van der Waals surface area contributed by atoms with Crippen molar-refractivity contribution in [2.24, 2.45) is 0 Å². The molecule has 0 saturated carbocycles. The summed E-state index contributed by atoms with van der Waals surface area (Å²) in [6, 6.07) is 0. The average molecular weight is 261 g/mol. The van der Waals surface area contributed by atoms with E-state index in [1.807, 2.05) is 0 Å². The molecule has 95 valence electrons. The Morgan fingerprint density at radius 1 is 1.20 bits per heavy atom. The number of Topliss-reactive ketones (excluding diaryl/α,β-unsaturated/α-hetero) is 1. The fourth-order valence-electron chi connectivity index (χ4n) is 0.620. The Bertz CT molecular complexity index is 114. The van der Waals surface area contributed by atoms with E-state index in [2.05, 4.69) is 29.5 Å². The van der Waals surface area contributed by atoms with Crippen molar-refractivity contribution in [3.8, 4) is 0 Å². The molecule has 0 spiro atoms. The minimum absolute atomic E-state index is 0.267. The second kappa shape index (κ2) is 23.6. The van der Waals surface area contributed by atoms with Crippen LogP contribution in [0.1, 0.15) is 39.0 Å². The summed E-state index contributed by atoms with van der Waals surface area (Å²) in [5.41, 5.74) is 0. The molecule has 0 aromatic rings. The fraction of sp³-hybridized carbons (Fsp3) is 0.727. The van der Waals surface area contributed by atoms with Gasteiger partial charge in [-0.1, -0.05) is 12.8 Å². The SMILES string of the molecule is [CH2-]CCCC(C)=O.[CH2-]CCCOC.[O]=[Co]. The molecule has 4 heteroatoms. The molecule has 0 aromatic carbocycles. The van der Waals surface area contributed by atoms with Crippen LogP contribution in [0, 0.1) is 13.8 Å². The molecule has 0 aliphatic heterocycles. The summed E-state index contributed by atoms with van der Waals surface area (Å²) in [4.78, 5) is 10.2. The first-order chi connectivity index (χ1) is 7.18. The second-order valence-electron chi connectivity index (χ2n) is 2.86. The summed E-state index contributed by atoms with van der Waals surface area (Å²) in [7, 11) is 1.70. The molecule has 0 saturated heterocycles. The Labute approximate surface area is 102 Å². The maximum atomic E-state index is 10.2. The summed E-state index contributed by atoms with van der Waals surface area (Å²) in [5, 5.41) is 0. The van der Waals surface area contributed by atoms with Crippen molar-refractivity contribution >= 4 is 5.78 Å². The Kier molecular flexibility index (Phi) is 32.1. The molecule has 0 unspecified atom stereocenters. The number of rotatable bonds is 6. The van der Waals surface area contributed by atoms with E-state index in [0.29, 0.717) is 6.42 Å². The van der Waals surface area contributed by atoms with Gasteiger partial charge in [-0.25, -0.2) is 0 Å². The average Bonchev–Trinajstić information content (AvgIpc) is 2.27. The Balaban J connectivity index is -0.000000166. The van der Waals surface area contributed by atoms with E-state index in [1.165, 1.54) is 0 Å². The molecule has 0 N–H and O–H groups in total. The summed E-state index contributed by atoms with van der Waals surface area (Å²) in [6.07, 6.45) is 4.57. The van der Waals surface area contributed by atoms with Crippen LogP contribution in [0.3, 0.4) is 0 Å². The van der Waals surface area contributed by atoms with Crippen LogP contribution >= 0.6 is 0 Å². The first-order valence-corrected chi connectivity index (χ1v) is 5.32. The zero-order valence-corrected chi connectivity index (χ0v) is 10.8. The molecule has 0 bridgehead atoms. The summed E-state index contributed by atoms with van der Waals surface area (Å²) < 4.78 is 12.7. The van der Waals surface area contributed by atoms with Gasteiger partial charge in [0.15, 0.2) is 0 Å². The van der Waals surface area contributed by atoms with Crippen molar-refractivity contribution in [2.45, 2.75) is 39.0 Å². The third kappa shape index (κ3) is 41.3. The first-order valence-electron chi connectivity index (χ1n) is 4.89. The molecule has 0 aliphatic carbocycles. The summed E-state index contributed by atoms with van der Waals surface area (Å²) >= 11 is 2.31. The van der Waals surface area contributed by atoms with Crippen LogP contribution in [-0.2, 0) is 29.1 Å². The van der Waals surface area contributed by atoms with E-state index < -0.39 is 0 Å². The minimum atomic E-state index is 0.267. The molecule has 15 heavy (non-hydrogen) atoms. The van der Waals surface area contributed by atoms with Crippen molar-refractivity contribution < 1.29 is 29.1 Å². The zero-order chi connectivity index (χ0) is 12.5. The zero-order valence-electron chi connectivity index (χ0n) is 9.71. The van der Waals surface area contributed by atoms with E-state index in [9.17, 15) is 4.79 Å². The normalized spacial score (nSPS) is 8.07. The second-order valence-corrected chi connectivity index (χ2v) is 2.86. The van der Waals surface area contributed by atoms with Gasteiger partial charge >= 0.3 is 19.5 Å². The monoisotopic (exact) mass is 261 g/mol. The molecule has 3 nitrogen and oxygen atoms in total. The molecular weight excluding hydrogens is 239 g/mol. The van der Waals surface area contributed by atoms with E-state index >= 15 is 0 Å². The number of carbonyl (C=O) groups excluding carboxylic acids is 1. The van der Waals surface area contributed by atoms with Crippen LogP contribution in [0.4, 0.5) is 0 Å². The van der Waals surface area contributed by atoms with Crippen molar-refractivity contribution in [2.75, 3.05) is 13.7 Å². The quantitative estimate of drug-likeness (QED) is 0.545. The topological polar surface area (TPSA) is 43.4 Å². The molecule has 0 aromatic heterocycles. The van der Waals surface area contributed by atoms with Gasteiger partial charge in [-0.2, -0.15) is 12.8 Å². The van der Waals surface area contributed by atoms with E-state index in [4.69, 9.17) is 8.60 Å². The third-order valence-corrected chi connectivity index (χ3v) is 1.38. The van der Waals surface area contributed by atoms with Gasteiger partial charge in [0.25, 0.3) is 0 Å². The standard InChI is InChI=1S/C6H11O.C5H11O.Co.O/c1-3-4-5-6(2)7;1-3-4-5-6-2;;/h1,3-5H2,2H3;1,3-5H2,2H3;;/q2*-1;;. The molecule has 0 radical (unpaired) electrons. The van der Waals surface area contributed by atoms with Gasteiger partial charge in [-0.15, -0.1) is 0 Å². The summed E-state index contributed by atoms with van der Waals surface area (Å²) in [5.74, 6) is 0.267. The molecule has 0 aliphatic rings. The fourth-order valence-corrected chi connectivity index (χ4v) is 0.620. The molecule has 0 rings (SSSR count). The number of unbranched alkanes of at least 4 members (excludes halogenated alkanes) is 2. The maximum absolute atomic E-state index is 10.2. The first kappa shape index (κ1) is 20.4. The van der Waals surface area contributed by atoms with Crippen molar-refractivity contribution in [3.63, 3.8) is 0 Å². The Morgan fingerprint density at radius 3 is 1.80 bits per heavy atom. The van der Waals surface area contributed by atoms with E-state index in [-0.39, 0.29) is 5.78 Å². The van der Waals surface area contributed by atoms with Crippen LogP contribution in [0.2, 0.25) is 0 Å². The van der Waals surface area contributed by atoms with Gasteiger partial charge in [0, 0.05) is 20.1 Å². The van der Waals surface area contributed by atoms with Crippen molar-refractivity contribution in [3.05, 3.63) is 13.8 Å². The Morgan fingerprint density at radius 2 is 1.67 bits per heavy atom. The number of methoxy groups -OCH3 is 1. The predicted molar refractivity (Wildman–Crippen MR) is 57.0 cm³/mol. The van der Waals surface area contributed by atoms with Gasteiger partial charge in [0.1, 0.15) is 5.78 Å². The molecule has 0 heterocycles. The molecule has 0 fully saturated rings. The Hall–Kier alpha value is -0.0635. The molecule has 0 amide bonds. The number of carbonyl (C=O) groups is 1. The number of ether oxygens (including phenoxy) is 1. The van der Waals surface area contributed by atoms with Crippen LogP contribution in [-0.4, -0.2) is 19.5 Å². The van der Waals surface area contributed by atoms with Gasteiger partial charge in [0.2, 0.25) is 0 Å². The van der Waals surface area contributed by atoms with Crippen LogP contribution < -0.4 is 0 Å². The van der Waals surface area contributed by atoms with Gasteiger partial charge in [-0.3, -0.25) is 0 Å². The van der Waals surface area contributed by atoms with Gasteiger partial charge in [0.05, 0.1) is 0 Å². The molecular formula is C11H22CoO3-2. The number of hydrogen-bond acceptors (Lipinski definition) is 3. The third-order valence-electron chi connectivity index (χ3n) is 1.38. The van der Waals surface area contributed by atoms with E-state index in [0.717, 1.165) is 32.3 Å². The van der Waals surface area contributed by atoms with Gasteiger partial charge < -0.3 is 23.4 Å². The number of ketones is 1. The van der Waals surface area contributed by atoms with Crippen molar-refractivity contribution in [1.82, 2.24) is 0 Å².